The standard InChI is InChI=1S/C20H18F2N6S/c1-13-3-4-16(11-14(13)2)28-18(15-5-7-23-8-6-15)25-26-20(28)29-12-17-24-9-10-27(17)19(21)22/h3-11,19H,12H2,1-2H3. The van der Waals surface area contributed by atoms with Crippen LogP contribution in [0.25, 0.3) is 17.1 Å². The summed E-state index contributed by atoms with van der Waals surface area (Å²) in [7, 11) is 0. The molecule has 0 fully saturated rings. The van der Waals surface area contributed by atoms with Crippen molar-refractivity contribution in [2.24, 2.45) is 0 Å². The number of benzene rings is 1. The Morgan fingerprint density at radius 2 is 1.79 bits per heavy atom. The maximum atomic E-state index is 13.1. The van der Waals surface area contributed by atoms with Gasteiger partial charge in [-0.25, -0.2) is 4.98 Å². The Morgan fingerprint density at radius 1 is 1.00 bits per heavy atom. The quantitative estimate of drug-likeness (QED) is 0.425. The second kappa shape index (κ2) is 8.12. The van der Waals surface area contributed by atoms with E-state index in [-0.39, 0.29) is 11.6 Å². The van der Waals surface area contributed by atoms with Crippen LogP contribution in [0, 0.1) is 13.8 Å². The van der Waals surface area contributed by atoms with Crippen LogP contribution in [0.5, 0.6) is 0 Å². The van der Waals surface area contributed by atoms with Crippen molar-refractivity contribution in [1.82, 2.24) is 29.3 Å². The molecule has 9 heteroatoms. The summed E-state index contributed by atoms with van der Waals surface area (Å²) in [6.45, 7) is 1.47. The molecule has 0 aliphatic carbocycles. The van der Waals surface area contributed by atoms with Crippen molar-refractivity contribution in [3.05, 3.63) is 72.1 Å². The molecule has 29 heavy (non-hydrogen) atoms. The topological polar surface area (TPSA) is 61.4 Å². The molecule has 4 aromatic rings. The number of hydrogen-bond donors (Lipinski definition) is 0. The van der Waals surface area contributed by atoms with Gasteiger partial charge in [-0.2, -0.15) is 8.78 Å². The number of pyridine rings is 1. The lowest BCUT2D eigenvalue weighted by atomic mass is 10.1. The number of nitrogens with zero attached hydrogens (tertiary/aromatic N) is 6. The number of halogens is 2. The molecule has 3 aromatic heterocycles. The van der Waals surface area contributed by atoms with E-state index in [0.717, 1.165) is 21.4 Å². The van der Waals surface area contributed by atoms with Gasteiger partial charge in [-0.1, -0.05) is 17.8 Å². The summed E-state index contributed by atoms with van der Waals surface area (Å²) < 4.78 is 29.0. The van der Waals surface area contributed by atoms with Crippen molar-refractivity contribution in [3.63, 3.8) is 0 Å². The van der Waals surface area contributed by atoms with Gasteiger partial charge in [0.25, 0.3) is 0 Å². The van der Waals surface area contributed by atoms with Crippen molar-refractivity contribution in [1.29, 1.82) is 0 Å². The molecule has 0 spiro atoms. The van der Waals surface area contributed by atoms with Gasteiger partial charge in [-0.15, -0.1) is 10.2 Å². The molecule has 0 N–H and O–H groups in total. The van der Waals surface area contributed by atoms with Gasteiger partial charge in [0, 0.05) is 30.4 Å². The SMILES string of the molecule is Cc1ccc(-n2c(SCc3nccn3C(F)F)nnc2-c2ccncc2)cc1C. The molecule has 0 saturated heterocycles. The molecule has 1 aromatic carbocycles. The fourth-order valence-corrected chi connectivity index (χ4v) is 3.81. The van der Waals surface area contributed by atoms with Crippen LogP contribution >= 0.6 is 11.8 Å². The van der Waals surface area contributed by atoms with Crippen LogP contribution in [0.15, 0.2) is 60.3 Å². The monoisotopic (exact) mass is 412 g/mol. The summed E-state index contributed by atoms with van der Waals surface area (Å²) in [5, 5.41) is 9.29. The van der Waals surface area contributed by atoms with E-state index >= 15 is 0 Å². The third kappa shape index (κ3) is 3.91. The Kier molecular flexibility index (Phi) is 5.39. The van der Waals surface area contributed by atoms with Gasteiger partial charge in [0.15, 0.2) is 11.0 Å². The predicted molar refractivity (Wildman–Crippen MR) is 107 cm³/mol. The number of imidazole rings is 1. The summed E-state index contributed by atoms with van der Waals surface area (Å²) in [5.41, 5.74) is 4.10. The Labute approximate surface area is 170 Å². The zero-order valence-electron chi connectivity index (χ0n) is 15.8. The Morgan fingerprint density at radius 3 is 2.52 bits per heavy atom. The predicted octanol–water partition coefficient (Wildman–Crippen LogP) is 4.83. The second-order valence-corrected chi connectivity index (χ2v) is 7.41. The highest BCUT2D eigenvalue weighted by molar-refractivity contribution is 7.98. The number of thioether (sulfide) groups is 1. The lowest BCUT2D eigenvalue weighted by Crippen LogP contribution is -2.04. The second-order valence-electron chi connectivity index (χ2n) is 6.46. The van der Waals surface area contributed by atoms with Crippen LogP contribution < -0.4 is 0 Å². The zero-order chi connectivity index (χ0) is 20.4. The molecule has 0 unspecified atom stereocenters. The van der Waals surface area contributed by atoms with Gasteiger partial charge in [-0.3, -0.25) is 14.1 Å². The number of hydrogen-bond acceptors (Lipinski definition) is 5. The van der Waals surface area contributed by atoms with Crippen molar-refractivity contribution in [2.75, 3.05) is 0 Å². The summed E-state index contributed by atoms with van der Waals surface area (Å²) in [6, 6.07) is 9.83. The number of alkyl halides is 2. The van der Waals surface area contributed by atoms with Crippen LogP contribution in [0.4, 0.5) is 8.78 Å². The van der Waals surface area contributed by atoms with Gasteiger partial charge in [-0.05, 0) is 49.2 Å². The normalized spacial score (nSPS) is 11.3. The fraction of sp³-hybridized carbons (Fsp3) is 0.200. The van der Waals surface area contributed by atoms with E-state index in [4.69, 9.17) is 0 Å². The highest BCUT2D eigenvalue weighted by Crippen LogP contribution is 2.30. The third-order valence-corrected chi connectivity index (χ3v) is 5.54. The minimum Gasteiger partial charge on any atom is -0.277 e. The van der Waals surface area contributed by atoms with E-state index < -0.39 is 6.55 Å². The molecule has 0 amide bonds. The number of aromatic nitrogens is 6. The number of rotatable bonds is 6. The van der Waals surface area contributed by atoms with Gasteiger partial charge >= 0.3 is 6.55 Å². The molecule has 0 radical (unpaired) electrons. The number of aryl methyl sites for hydroxylation is 2. The Hall–Kier alpha value is -3.07. The van der Waals surface area contributed by atoms with E-state index in [0.29, 0.717) is 11.0 Å². The van der Waals surface area contributed by atoms with E-state index in [1.54, 1.807) is 12.4 Å². The molecular weight excluding hydrogens is 394 g/mol. The fourth-order valence-electron chi connectivity index (χ4n) is 2.91. The lowest BCUT2D eigenvalue weighted by Gasteiger charge is -2.12. The van der Waals surface area contributed by atoms with E-state index in [2.05, 4.69) is 33.2 Å². The Balaban J connectivity index is 1.75. The average Bonchev–Trinajstić information content (AvgIpc) is 3.36. The third-order valence-electron chi connectivity index (χ3n) is 4.61. The average molecular weight is 412 g/mol. The van der Waals surface area contributed by atoms with Crippen molar-refractivity contribution >= 4 is 11.8 Å². The summed E-state index contributed by atoms with van der Waals surface area (Å²) >= 11 is 1.31. The molecule has 3 heterocycles. The lowest BCUT2D eigenvalue weighted by molar-refractivity contribution is 0.0678. The van der Waals surface area contributed by atoms with Crippen molar-refractivity contribution < 1.29 is 8.78 Å². The maximum Gasteiger partial charge on any atom is 0.319 e. The minimum atomic E-state index is -2.63. The molecule has 0 aliphatic heterocycles. The van der Waals surface area contributed by atoms with Crippen molar-refractivity contribution in [2.45, 2.75) is 31.3 Å². The summed E-state index contributed by atoms with van der Waals surface area (Å²) in [5.74, 6) is 1.19. The smallest absolute Gasteiger partial charge is 0.277 e. The molecule has 0 bridgehead atoms. The van der Waals surface area contributed by atoms with E-state index in [1.807, 2.05) is 35.8 Å². The first-order valence-electron chi connectivity index (χ1n) is 8.90. The van der Waals surface area contributed by atoms with Crippen LogP contribution in [0.3, 0.4) is 0 Å². The maximum absolute atomic E-state index is 13.1. The summed E-state index contributed by atoms with van der Waals surface area (Å²) in [6.07, 6.45) is 6.04. The molecule has 6 nitrogen and oxygen atoms in total. The van der Waals surface area contributed by atoms with Gasteiger partial charge in [0.2, 0.25) is 0 Å². The molecular formula is C20H18F2N6S. The molecule has 148 valence electrons. The van der Waals surface area contributed by atoms with E-state index in [1.165, 1.54) is 29.7 Å². The largest absolute Gasteiger partial charge is 0.319 e. The first kappa shape index (κ1) is 19.3. The zero-order valence-corrected chi connectivity index (χ0v) is 16.6. The highest BCUT2D eigenvalue weighted by atomic mass is 32.2. The highest BCUT2D eigenvalue weighted by Gasteiger charge is 2.18. The van der Waals surface area contributed by atoms with E-state index in [9.17, 15) is 8.78 Å². The first-order chi connectivity index (χ1) is 14.0. The van der Waals surface area contributed by atoms with Gasteiger partial charge in [0.05, 0.1) is 11.4 Å². The molecule has 0 saturated carbocycles. The minimum absolute atomic E-state index is 0.247. The van der Waals surface area contributed by atoms with Crippen LogP contribution in [-0.2, 0) is 5.75 Å². The van der Waals surface area contributed by atoms with Gasteiger partial charge < -0.3 is 0 Å². The van der Waals surface area contributed by atoms with Crippen LogP contribution in [0.1, 0.15) is 23.5 Å². The van der Waals surface area contributed by atoms with Gasteiger partial charge in [0.1, 0.15) is 5.82 Å². The molecule has 4 rings (SSSR count). The van der Waals surface area contributed by atoms with Crippen LogP contribution in [0.2, 0.25) is 0 Å². The Bertz CT molecular complexity index is 1120. The molecule has 0 atom stereocenters. The summed E-state index contributed by atoms with van der Waals surface area (Å²) in [4.78, 5) is 8.10. The first-order valence-corrected chi connectivity index (χ1v) is 9.89. The molecule has 0 aliphatic rings. The van der Waals surface area contributed by atoms with Crippen LogP contribution in [-0.4, -0.2) is 29.3 Å². The van der Waals surface area contributed by atoms with Crippen molar-refractivity contribution in [3.8, 4) is 17.1 Å².